The molecular formula is C12H11IN4. The zero-order valence-corrected chi connectivity index (χ0v) is 11.7. The first-order valence-electron chi connectivity index (χ1n) is 5.28. The summed E-state index contributed by atoms with van der Waals surface area (Å²) >= 11 is 2.27. The average molecular weight is 338 g/mol. The van der Waals surface area contributed by atoms with Crippen LogP contribution in [0.2, 0.25) is 0 Å². The molecule has 3 aromatic heterocycles. The topological polar surface area (TPSA) is 35.1 Å². The summed E-state index contributed by atoms with van der Waals surface area (Å²) in [5, 5.41) is 4.27. The number of hydrogen-bond acceptors (Lipinski definition) is 2. The highest BCUT2D eigenvalue weighted by molar-refractivity contribution is 14.1. The quantitative estimate of drug-likeness (QED) is 0.640. The Hall–Kier alpha value is -1.37. The maximum Gasteiger partial charge on any atom is 0.138 e. The molecule has 0 saturated carbocycles. The summed E-state index contributed by atoms with van der Waals surface area (Å²) in [6, 6.07) is 4.19. The first-order chi connectivity index (χ1) is 8.16. The van der Waals surface area contributed by atoms with Gasteiger partial charge in [0, 0.05) is 24.5 Å². The fourth-order valence-electron chi connectivity index (χ4n) is 1.90. The summed E-state index contributed by atoms with van der Waals surface area (Å²) in [5.74, 6) is 0. The SMILES string of the molecule is Cc1c(-c2ccn3c(I)cnc3c2)cnn1C. The van der Waals surface area contributed by atoms with Crippen molar-refractivity contribution in [2.45, 2.75) is 6.92 Å². The van der Waals surface area contributed by atoms with Gasteiger partial charge in [-0.05, 0) is 47.2 Å². The van der Waals surface area contributed by atoms with E-state index in [1.54, 1.807) is 0 Å². The fourth-order valence-corrected chi connectivity index (χ4v) is 2.45. The highest BCUT2D eigenvalue weighted by Gasteiger charge is 2.08. The highest BCUT2D eigenvalue weighted by atomic mass is 127. The van der Waals surface area contributed by atoms with Crippen molar-refractivity contribution < 1.29 is 0 Å². The molecule has 17 heavy (non-hydrogen) atoms. The van der Waals surface area contributed by atoms with Crippen LogP contribution in [0.3, 0.4) is 0 Å². The van der Waals surface area contributed by atoms with Gasteiger partial charge in [0.15, 0.2) is 0 Å². The molecule has 3 heterocycles. The molecule has 0 aliphatic rings. The van der Waals surface area contributed by atoms with Crippen LogP contribution < -0.4 is 0 Å². The molecule has 86 valence electrons. The van der Waals surface area contributed by atoms with Crippen LogP contribution in [0.1, 0.15) is 5.69 Å². The molecule has 0 atom stereocenters. The molecule has 0 saturated heterocycles. The van der Waals surface area contributed by atoms with Crippen LogP contribution in [0.5, 0.6) is 0 Å². The van der Waals surface area contributed by atoms with E-state index in [9.17, 15) is 0 Å². The van der Waals surface area contributed by atoms with Crippen LogP contribution in [0.4, 0.5) is 0 Å². The number of nitrogens with zero attached hydrogens (tertiary/aromatic N) is 4. The number of pyridine rings is 1. The lowest BCUT2D eigenvalue weighted by molar-refractivity contribution is 0.740. The van der Waals surface area contributed by atoms with E-state index in [1.807, 2.05) is 30.3 Å². The lowest BCUT2D eigenvalue weighted by Gasteiger charge is -2.02. The van der Waals surface area contributed by atoms with Gasteiger partial charge in [-0.3, -0.25) is 9.08 Å². The van der Waals surface area contributed by atoms with Crippen LogP contribution in [0.25, 0.3) is 16.8 Å². The van der Waals surface area contributed by atoms with Gasteiger partial charge in [0.2, 0.25) is 0 Å². The van der Waals surface area contributed by atoms with Gasteiger partial charge in [0.25, 0.3) is 0 Å². The van der Waals surface area contributed by atoms with E-state index in [0.717, 1.165) is 26.2 Å². The number of rotatable bonds is 1. The van der Waals surface area contributed by atoms with Crippen molar-refractivity contribution in [1.82, 2.24) is 19.2 Å². The second-order valence-electron chi connectivity index (χ2n) is 3.99. The van der Waals surface area contributed by atoms with Crippen molar-refractivity contribution in [2.24, 2.45) is 7.05 Å². The zero-order chi connectivity index (χ0) is 12.0. The molecule has 3 rings (SSSR count). The van der Waals surface area contributed by atoms with Crippen LogP contribution in [-0.4, -0.2) is 19.2 Å². The van der Waals surface area contributed by atoms with Crippen molar-refractivity contribution in [2.75, 3.05) is 0 Å². The predicted octanol–water partition coefficient (Wildman–Crippen LogP) is 2.65. The maximum absolute atomic E-state index is 4.37. The largest absolute Gasteiger partial charge is 0.295 e. The molecule has 0 fully saturated rings. The first-order valence-corrected chi connectivity index (χ1v) is 6.36. The summed E-state index contributed by atoms with van der Waals surface area (Å²) in [4.78, 5) is 4.37. The third kappa shape index (κ3) is 1.65. The fraction of sp³-hybridized carbons (Fsp3) is 0.167. The Balaban J connectivity index is 2.21. The standard InChI is InChI=1S/C12H11IN4/c1-8-10(6-15-16(8)2)9-3-4-17-11(13)7-14-12(17)5-9/h3-7H,1-2H3. The predicted molar refractivity (Wildman–Crippen MR) is 74.8 cm³/mol. The van der Waals surface area contributed by atoms with Crippen molar-refractivity contribution in [3.8, 4) is 11.1 Å². The lowest BCUT2D eigenvalue weighted by atomic mass is 10.1. The van der Waals surface area contributed by atoms with E-state index >= 15 is 0 Å². The molecule has 0 amide bonds. The molecule has 0 aliphatic heterocycles. The Kier molecular flexibility index (Phi) is 2.43. The van der Waals surface area contributed by atoms with E-state index in [-0.39, 0.29) is 0 Å². The van der Waals surface area contributed by atoms with E-state index in [0.29, 0.717) is 0 Å². The minimum Gasteiger partial charge on any atom is -0.295 e. The van der Waals surface area contributed by atoms with Crippen LogP contribution >= 0.6 is 22.6 Å². The maximum atomic E-state index is 4.37. The lowest BCUT2D eigenvalue weighted by Crippen LogP contribution is -1.93. The Morgan fingerprint density at radius 3 is 2.82 bits per heavy atom. The van der Waals surface area contributed by atoms with E-state index in [1.165, 1.54) is 0 Å². The van der Waals surface area contributed by atoms with Crippen LogP contribution in [0.15, 0.2) is 30.7 Å². The Labute approximate surface area is 112 Å². The summed E-state index contributed by atoms with van der Waals surface area (Å²) in [7, 11) is 1.95. The number of aromatic nitrogens is 4. The molecule has 0 aliphatic carbocycles. The van der Waals surface area contributed by atoms with Gasteiger partial charge < -0.3 is 0 Å². The van der Waals surface area contributed by atoms with E-state index in [2.05, 4.69) is 56.1 Å². The number of fused-ring (bicyclic) bond motifs is 1. The first kappa shape index (κ1) is 10.8. The molecule has 3 aromatic rings. The van der Waals surface area contributed by atoms with Crippen LogP contribution in [-0.2, 0) is 7.05 Å². The minimum absolute atomic E-state index is 0.968. The zero-order valence-electron chi connectivity index (χ0n) is 9.55. The number of hydrogen-bond donors (Lipinski definition) is 0. The molecular weight excluding hydrogens is 327 g/mol. The van der Waals surface area contributed by atoms with E-state index < -0.39 is 0 Å². The normalized spacial score (nSPS) is 11.2. The molecule has 0 radical (unpaired) electrons. The summed E-state index contributed by atoms with van der Waals surface area (Å²) in [6.07, 6.45) is 5.82. The Bertz CT molecular complexity index is 696. The second-order valence-corrected chi connectivity index (χ2v) is 5.10. The second kappa shape index (κ2) is 3.83. The van der Waals surface area contributed by atoms with E-state index in [4.69, 9.17) is 0 Å². The smallest absolute Gasteiger partial charge is 0.138 e. The summed E-state index contributed by atoms with van der Waals surface area (Å²) in [6.45, 7) is 2.07. The summed E-state index contributed by atoms with van der Waals surface area (Å²) in [5.41, 5.74) is 4.45. The summed E-state index contributed by atoms with van der Waals surface area (Å²) < 4.78 is 5.07. The van der Waals surface area contributed by atoms with Gasteiger partial charge in [0.05, 0.1) is 12.4 Å². The molecule has 0 bridgehead atoms. The van der Waals surface area contributed by atoms with Crippen molar-refractivity contribution in [1.29, 1.82) is 0 Å². The molecule has 4 nitrogen and oxygen atoms in total. The molecule has 0 N–H and O–H groups in total. The Morgan fingerprint density at radius 1 is 1.29 bits per heavy atom. The molecule has 0 spiro atoms. The number of aryl methyl sites for hydroxylation is 1. The average Bonchev–Trinajstić information content (AvgIpc) is 2.85. The number of halogens is 1. The molecule has 0 unspecified atom stereocenters. The Morgan fingerprint density at radius 2 is 2.12 bits per heavy atom. The molecule has 0 aromatic carbocycles. The van der Waals surface area contributed by atoms with Gasteiger partial charge in [-0.25, -0.2) is 4.98 Å². The number of imidazole rings is 1. The van der Waals surface area contributed by atoms with Crippen molar-refractivity contribution >= 4 is 28.2 Å². The van der Waals surface area contributed by atoms with Crippen molar-refractivity contribution in [3.63, 3.8) is 0 Å². The third-order valence-electron chi connectivity index (χ3n) is 3.01. The monoisotopic (exact) mass is 338 g/mol. The van der Waals surface area contributed by atoms with Gasteiger partial charge in [-0.1, -0.05) is 0 Å². The third-order valence-corrected chi connectivity index (χ3v) is 3.81. The van der Waals surface area contributed by atoms with Crippen molar-refractivity contribution in [3.05, 3.63) is 40.1 Å². The minimum atomic E-state index is 0.968. The van der Waals surface area contributed by atoms with Gasteiger partial charge in [-0.15, -0.1) is 0 Å². The van der Waals surface area contributed by atoms with Gasteiger partial charge in [0.1, 0.15) is 9.35 Å². The van der Waals surface area contributed by atoms with Gasteiger partial charge >= 0.3 is 0 Å². The van der Waals surface area contributed by atoms with Gasteiger partial charge in [-0.2, -0.15) is 5.10 Å². The van der Waals surface area contributed by atoms with Crippen LogP contribution in [0, 0.1) is 10.6 Å². The highest BCUT2D eigenvalue weighted by Crippen LogP contribution is 2.24. The molecule has 5 heteroatoms.